The molecule has 0 spiro atoms. The van der Waals surface area contributed by atoms with Crippen LogP contribution in [0.25, 0.3) is 0 Å². The van der Waals surface area contributed by atoms with Crippen LogP contribution >= 0.6 is 0 Å². The van der Waals surface area contributed by atoms with Crippen molar-refractivity contribution in [2.45, 2.75) is 20.4 Å². The first-order valence-corrected chi connectivity index (χ1v) is 4.43. The van der Waals surface area contributed by atoms with Gasteiger partial charge in [-0.05, 0) is 36.0 Å². The molecular formula is C9H15BN2O2. The van der Waals surface area contributed by atoms with Gasteiger partial charge in [-0.15, -0.1) is 0 Å². The lowest BCUT2D eigenvalue weighted by Gasteiger charge is -2.14. The van der Waals surface area contributed by atoms with Crippen molar-refractivity contribution in [2.75, 3.05) is 5.73 Å². The maximum Gasteiger partial charge on any atom is 0.488 e. The SMILES string of the molecule is Cc1c(CN)cc(B(O)O)c(C)c1N. The van der Waals surface area contributed by atoms with Crippen LogP contribution in [0.1, 0.15) is 16.7 Å². The molecule has 0 aliphatic rings. The van der Waals surface area contributed by atoms with Crippen LogP contribution in [0, 0.1) is 13.8 Å². The maximum absolute atomic E-state index is 9.10. The number of anilines is 1. The van der Waals surface area contributed by atoms with E-state index in [1.54, 1.807) is 13.0 Å². The van der Waals surface area contributed by atoms with Gasteiger partial charge in [0, 0.05) is 12.2 Å². The van der Waals surface area contributed by atoms with Gasteiger partial charge in [-0.1, -0.05) is 6.07 Å². The summed E-state index contributed by atoms with van der Waals surface area (Å²) in [7, 11) is -1.50. The lowest BCUT2D eigenvalue weighted by atomic mass is 9.75. The number of rotatable bonds is 2. The minimum absolute atomic E-state index is 0.343. The first kappa shape index (κ1) is 11.0. The maximum atomic E-state index is 9.10. The van der Waals surface area contributed by atoms with E-state index in [-0.39, 0.29) is 0 Å². The van der Waals surface area contributed by atoms with Crippen LogP contribution in [0.4, 0.5) is 5.69 Å². The molecule has 76 valence electrons. The summed E-state index contributed by atoms with van der Waals surface area (Å²) in [6.07, 6.45) is 0. The highest BCUT2D eigenvalue weighted by atomic mass is 16.4. The van der Waals surface area contributed by atoms with Gasteiger partial charge in [0.15, 0.2) is 0 Å². The van der Waals surface area contributed by atoms with Gasteiger partial charge in [0.25, 0.3) is 0 Å². The molecule has 0 bridgehead atoms. The molecule has 0 unspecified atom stereocenters. The van der Waals surface area contributed by atoms with Crippen LogP contribution in [0.2, 0.25) is 0 Å². The predicted octanol–water partition coefficient (Wildman–Crippen LogP) is -0.976. The molecule has 0 heterocycles. The van der Waals surface area contributed by atoms with Crippen molar-refractivity contribution in [1.82, 2.24) is 0 Å². The number of nitrogen functional groups attached to an aromatic ring is 1. The molecule has 0 saturated carbocycles. The van der Waals surface area contributed by atoms with E-state index in [4.69, 9.17) is 21.5 Å². The molecule has 0 atom stereocenters. The molecule has 5 heteroatoms. The summed E-state index contributed by atoms with van der Waals surface area (Å²) in [4.78, 5) is 0. The molecule has 1 rings (SSSR count). The molecule has 0 amide bonds. The van der Waals surface area contributed by atoms with Gasteiger partial charge in [-0.2, -0.15) is 0 Å². The van der Waals surface area contributed by atoms with E-state index in [1.807, 2.05) is 6.92 Å². The van der Waals surface area contributed by atoms with Crippen molar-refractivity contribution in [3.63, 3.8) is 0 Å². The molecule has 1 aromatic rings. The Bertz CT molecular complexity index is 353. The van der Waals surface area contributed by atoms with E-state index in [0.717, 1.165) is 11.1 Å². The van der Waals surface area contributed by atoms with Gasteiger partial charge in [0.2, 0.25) is 0 Å². The van der Waals surface area contributed by atoms with Crippen LogP contribution in [-0.2, 0) is 6.54 Å². The molecule has 0 aromatic heterocycles. The van der Waals surface area contributed by atoms with Crippen molar-refractivity contribution >= 4 is 18.3 Å². The standard InChI is InChI=1S/C9H15BN2O2/c1-5-7(4-11)3-8(10(13)14)6(2)9(5)12/h3,13-14H,4,11-12H2,1-2H3. The minimum Gasteiger partial charge on any atom is -0.423 e. The second-order valence-corrected chi connectivity index (χ2v) is 3.37. The zero-order chi connectivity index (χ0) is 10.9. The van der Waals surface area contributed by atoms with E-state index in [9.17, 15) is 0 Å². The van der Waals surface area contributed by atoms with Crippen LogP contribution in [0.3, 0.4) is 0 Å². The average molecular weight is 194 g/mol. The van der Waals surface area contributed by atoms with Gasteiger partial charge in [-0.25, -0.2) is 0 Å². The van der Waals surface area contributed by atoms with Gasteiger partial charge in [-0.3, -0.25) is 0 Å². The lowest BCUT2D eigenvalue weighted by Crippen LogP contribution is -2.33. The topological polar surface area (TPSA) is 92.5 Å². The molecule has 14 heavy (non-hydrogen) atoms. The first-order chi connectivity index (χ1) is 6.49. The third-order valence-corrected chi connectivity index (χ3v) is 2.55. The van der Waals surface area contributed by atoms with Crippen LogP contribution < -0.4 is 16.9 Å². The zero-order valence-corrected chi connectivity index (χ0v) is 8.41. The van der Waals surface area contributed by atoms with Crippen molar-refractivity contribution in [2.24, 2.45) is 5.73 Å². The van der Waals surface area contributed by atoms with E-state index in [0.29, 0.717) is 23.3 Å². The van der Waals surface area contributed by atoms with Crippen molar-refractivity contribution in [3.05, 3.63) is 22.8 Å². The normalized spacial score (nSPS) is 10.4. The number of hydrogen-bond donors (Lipinski definition) is 4. The molecule has 4 nitrogen and oxygen atoms in total. The predicted molar refractivity (Wildman–Crippen MR) is 58.0 cm³/mol. The summed E-state index contributed by atoms with van der Waals surface area (Å²) in [5.74, 6) is 0. The third kappa shape index (κ3) is 1.75. The van der Waals surface area contributed by atoms with Gasteiger partial charge < -0.3 is 21.5 Å². The van der Waals surface area contributed by atoms with E-state index in [2.05, 4.69) is 0 Å². The highest BCUT2D eigenvalue weighted by Crippen LogP contribution is 2.18. The number of benzene rings is 1. The van der Waals surface area contributed by atoms with Crippen LogP contribution in [0.5, 0.6) is 0 Å². The summed E-state index contributed by atoms with van der Waals surface area (Å²) < 4.78 is 0. The second-order valence-electron chi connectivity index (χ2n) is 3.37. The van der Waals surface area contributed by atoms with Crippen molar-refractivity contribution in [1.29, 1.82) is 0 Å². The first-order valence-electron chi connectivity index (χ1n) is 4.43. The largest absolute Gasteiger partial charge is 0.488 e. The summed E-state index contributed by atoms with van der Waals surface area (Å²) >= 11 is 0. The average Bonchev–Trinajstić information content (AvgIpc) is 2.14. The van der Waals surface area contributed by atoms with E-state index < -0.39 is 7.12 Å². The van der Waals surface area contributed by atoms with Gasteiger partial charge in [0.1, 0.15) is 0 Å². The Balaban J connectivity index is 3.40. The highest BCUT2D eigenvalue weighted by molar-refractivity contribution is 6.59. The molecule has 6 N–H and O–H groups in total. The number of nitrogens with two attached hydrogens (primary N) is 2. The summed E-state index contributed by atoms with van der Waals surface area (Å²) in [5, 5.41) is 18.2. The zero-order valence-electron chi connectivity index (χ0n) is 8.41. The smallest absolute Gasteiger partial charge is 0.423 e. The summed E-state index contributed by atoms with van der Waals surface area (Å²) in [5.41, 5.74) is 14.8. The summed E-state index contributed by atoms with van der Waals surface area (Å²) in [6.45, 7) is 3.98. The Kier molecular flexibility index (Phi) is 3.15. The van der Waals surface area contributed by atoms with Gasteiger partial charge in [0.05, 0.1) is 0 Å². The van der Waals surface area contributed by atoms with Gasteiger partial charge >= 0.3 is 7.12 Å². The quantitative estimate of drug-likeness (QED) is 0.359. The second kappa shape index (κ2) is 4.00. The Labute approximate surface area is 83.7 Å². The minimum atomic E-state index is -1.50. The molecule has 0 aliphatic carbocycles. The molecule has 0 fully saturated rings. The monoisotopic (exact) mass is 194 g/mol. The Morgan fingerprint density at radius 3 is 2.29 bits per heavy atom. The van der Waals surface area contributed by atoms with Crippen LogP contribution in [-0.4, -0.2) is 17.2 Å². The fraction of sp³-hybridized carbons (Fsp3) is 0.333. The molecule has 0 aliphatic heterocycles. The number of hydrogen-bond acceptors (Lipinski definition) is 4. The summed E-state index contributed by atoms with van der Waals surface area (Å²) in [6, 6.07) is 1.69. The Morgan fingerprint density at radius 1 is 1.29 bits per heavy atom. The van der Waals surface area contributed by atoms with Crippen LogP contribution in [0.15, 0.2) is 6.07 Å². The fourth-order valence-electron chi connectivity index (χ4n) is 1.49. The van der Waals surface area contributed by atoms with Crippen molar-refractivity contribution in [3.8, 4) is 0 Å². The Morgan fingerprint density at radius 2 is 1.86 bits per heavy atom. The lowest BCUT2D eigenvalue weighted by molar-refractivity contribution is 0.425. The highest BCUT2D eigenvalue weighted by Gasteiger charge is 2.18. The third-order valence-electron chi connectivity index (χ3n) is 2.55. The molecule has 0 saturated heterocycles. The van der Waals surface area contributed by atoms with E-state index >= 15 is 0 Å². The fourth-order valence-corrected chi connectivity index (χ4v) is 1.49. The molecular weight excluding hydrogens is 179 g/mol. The molecule has 0 radical (unpaired) electrons. The van der Waals surface area contributed by atoms with Crippen molar-refractivity contribution < 1.29 is 10.0 Å². The molecule has 1 aromatic carbocycles. The Hall–Kier alpha value is -1.04. The van der Waals surface area contributed by atoms with E-state index in [1.165, 1.54) is 0 Å².